The summed E-state index contributed by atoms with van der Waals surface area (Å²) in [6.07, 6.45) is 2.55. The highest BCUT2D eigenvalue weighted by atomic mass is 16.2. The van der Waals surface area contributed by atoms with Crippen LogP contribution < -0.4 is 5.32 Å². The van der Waals surface area contributed by atoms with Crippen LogP contribution in [0.1, 0.15) is 36.5 Å². The summed E-state index contributed by atoms with van der Waals surface area (Å²) in [5.74, 6) is 0.188. The Morgan fingerprint density at radius 3 is 2.75 bits per heavy atom. The largest absolute Gasteiger partial charge is 0.351 e. The molecule has 2 rings (SSSR count). The lowest BCUT2D eigenvalue weighted by Crippen LogP contribution is -2.40. The van der Waals surface area contributed by atoms with Gasteiger partial charge in [0.2, 0.25) is 5.91 Å². The molecule has 16 heavy (non-hydrogen) atoms. The molecule has 0 spiro atoms. The average Bonchev–Trinajstić information content (AvgIpc) is 2.52. The number of nitrogens with one attached hydrogen (secondary N) is 1. The summed E-state index contributed by atoms with van der Waals surface area (Å²) in [4.78, 5) is 11.3. The van der Waals surface area contributed by atoms with Crippen molar-refractivity contribution in [2.45, 2.75) is 45.6 Å². The molecule has 2 heteroatoms. The summed E-state index contributed by atoms with van der Waals surface area (Å²) in [6, 6.07) is 6.52. The zero-order chi connectivity index (χ0) is 11.8. The lowest BCUT2D eigenvalue weighted by Gasteiger charge is -2.25. The van der Waals surface area contributed by atoms with Gasteiger partial charge in [0.25, 0.3) is 0 Å². The maximum absolute atomic E-state index is 11.3. The first-order valence-corrected chi connectivity index (χ1v) is 5.86. The lowest BCUT2D eigenvalue weighted by atomic mass is 9.89. The quantitative estimate of drug-likeness (QED) is 0.810. The van der Waals surface area contributed by atoms with Crippen LogP contribution in [0, 0.1) is 13.8 Å². The van der Waals surface area contributed by atoms with Crippen molar-refractivity contribution >= 4 is 5.91 Å². The molecular weight excluding hydrogens is 198 g/mol. The van der Waals surface area contributed by atoms with Crippen molar-refractivity contribution < 1.29 is 4.79 Å². The van der Waals surface area contributed by atoms with Gasteiger partial charge in [-0.25, -0.2) is 0 Å². The van der Waals surface area contributed by atoms with E-state index in [9.17, 15) is 4.79 Å². The van der Waals surface area contributed by atoms with Crippen LogP contribution in [0.25, 0.3) is 0 Å². The third-order valence-corrected chi connectivity index (χ3v) is 3.43. The van der Waals surface area contributed by atoms with Gasteiger partial charge >= 0.3 is 0 Å². The molecule has 1 N–H and O–H groups in total. The highest BCUT2D eigenvalue weighted by Gasteiger charge is 2.33. The molecule has 1 amide bonds. The van der Waals surface area contributed by atoms with Gasteiger partial charge in [0.1, 0.15) is 0 Å². The van der Waals surface area contributed by atoms with E-state index in [1.807, 2.05) is 0 Å². The summed E-state index contributed by atoms with van der Waals surface area (Å²) in [6.45, 7) is 6.38. The average molecular weight is 217 g/mol. The minimum absolute atomic E-state index is 0.0460. The molecule has 0 radical (unpaired) electrons. The normalized spacial score (nSPS) is 24.6. The molecule has 1 aromatic rings. The number of carbonyl (C=O) groups excluding carboxylic acids is 1. The van der Waals surface area contributed by atoms with Gasteiger partial charge in [-0.15, -0.1) is 0 Å². The molecule has 0 aromatic heterocycles. The molecule has 86 valence electrons. The molecule has 0 aliphatic carbocycles. The summed E-state index contributed by atoms with van der Waals surface area (Å²) in [5.41, 5.74) is 3.90. The first kappa shape index (κ1) is 11.2. The minimum atomic E-state index is -0.0460. The van der Waals surface area contributed by atoms with Crippen molar-refractivity contribution in [3.8, 4) is 0 Å². The summed E-state index contributed by atoms with van der Waals surface area (Å²) in [5, 5.41) is 3.09. The van der Waals surface area contributed by atoms with Crippen molar-refractivity contribution in [2.75, 3.05) is 0 Å². The maximum Gasteiger partial charge on any atom is 0.220 e. The zero-order valence-electron chi connectivity index (χ0n) is 10.3. The Morgan fingerprint density at radius 1 is 1.38 bits per heavy atom. The zero-order valence-corrected chi connectivity index (χ0v) is 10.3. The topological polar surface area (TPSA) is 29.1 Å². The van der Waals surface area contributed by atoms with E-state index >= 15 is 0 Å². The molecule has 2 nitrogen and oxygen atoms in total. The predicted octanol–water partition coefficient (Wildman–Crippen LogP) is 2.51. The van der Waals surface area contributed by atoms with Crippen LogP contribution in [0.3, 0.4) is 0 Å². The maximum atomic E-state index is 11.3. The Kier molecular flexibility index (Phi) is 2.75. The van der Waals surface area contributed by atoms with E-state index in [-0.39, 0.29) is 11.4 Å². The van der Waals surface area contributed by atoms with E-state index < -0.39 is 0 Å². The molecular formula is C14H19NO. The molecule has 0 saturated carbocycles. The van der Waals surface area contributed by atoms with Crippen LogP contribution in [0.2, 0.25) is 0 Å². The molecule has 1 heterocycles. The fraction of sp³-hybridized carbons (Fsp3) is 0.500. The van der Waals surface area contributed by atoms with Crippen molar-refractivity contribution in [1.29, 1.82) is 0 Å². The van der Waals surface area contributed by atoms with Crippen LogP contribution in [0.5, 0.6) is 0 Å². The lowest BCUT2D eigenvalue weighted by molar-refractivity contribution is -0.119. The van der Waals surface area contributed by atoms with Crippen molar-refractivity contribution in [3.05, 3.63) is 34.9 Å². The van der Waals surface area contributed by atoms with Gasteiger partial charge in [-0.3, -0.25) is 4.79 Å². The fourth-order valence-corrected chi connectivity index (χ4v) is 2.39. The van der Waals surface area contributed by atoms with E-state index in [1.54, 1.807) is 0 Å². The number of aryl methyl sites for hydroxylation is 2. The Hall–Kier alpha value is -1.31. The molecule has 1 fully saturated rings. The number of amides is 1. The second-order valence-corrected chi connectivity index (χ2v) is 5.22. The van der Waals surface area contributed by atoms with Gasteiger partial charge in [0.15, 0.2) is 0 Å². The monoisotopic (exact) mass is 217 g/mol. The van der Waals surface area contributed by atoms with E-state index in [0.717, 1.165) is 12.8 Å². The van der Waals surface area contributed by atoms with Crippen LogP contribution in [0.15, 0.2) is 18.2 Å². The highest BCUT2D eigenvalue weighted by molar-refractivity contribution is 5.79. The van der Waals surface area contributed by atoms with E-state index in [2.05, 4.69) is 44.3 Å². The summed E-state index contributed by atoms with van der Waals surface area (Å²) < 4.78 is 0. The number of carbonyl (C=O) groups is 1. The minimum Gasteiger partial charge on any atom is -0.351 e. The summed E-state index contributed by atoms with van der Waals surface area (Å²) in [7, 11) is 0. The molecule has 1 atom stereocenters. The van der Waals surface area contributed by atoms with Crippen LogP contribution in [0.4, 0.5) is 0 Å². The van der Waals surface area contributed by atoms with Gasteiger partial charge in [-0.1, -0.05) is 23.8 Å². The van der Waals surface area contributed by atoms with E-state index in [0.29, 0.717) is 6.42 Å². The Morgan fingerprint density at radius 2 is 2.12 bits per heavy atom. The Bertz CT molecular complexity index is 425. The van der Waals surface area contributed by atoms with E-state index in [1.165, 1.54) is 16.7 Å². The molecule has 1 aromatic carbocycles. The van der Waals surface area contributed by atoms with Crippen LogP contribution >= 0.6 is 0 Å². The number of rotatable bonds is 2. The smallest absolute Gasteiger partial charge is 0.220 e. The van der Waals surface area contributed by atoms with Crippen molar-refractivity contribution in [3.63, 3.8) is 0 Å². The number of hydrogen-bond donors (Lipinski definition) is 1. The standard InChI is InChI=1S/C14H19NO/c1-10-4-5-11(2)12(8-10)9-14(3)7-6-13(16)15-14/h4-5,8H,6-7,9H2,1-3H3,(H,15,16). The van der Waals surface area contributed by atoms with E-state index in [4.69, 9.17) is 0 Å². The van der Waals surface area contributed by atoms with Crippen molar-refractivity contribution in [1.82, 2.24) is 5.32 Å². The molecule has 0 bridgehead atoms. The number of benzene rings is 1. The summed E-state index contributed by atoms with van der Waals surface area (Å²) >= 11 is 0. The SMILES string of the molecule is Cc1ccc(C)c(CC2(C)CCC(=O)N2)c1. The molecule has 1 unspecified atom stereocenters. The highest BCUT2D eigenvalue weighted by Crippen LogP contribution is 2.25. The third kappa shape index (κ3) is 2.26. The van der Waals surface area contributed by atoms with Crippen LogP contribution in [-0.4, -0.2) is 11.4 Å². The predicted molar refractivity (Wildman–Crippen MR) is 65.4 cm³/mol. The number of hydrogen-bond acceptors (Lipinski definition) is 1. The fourth-order valence-electron chi connectivity index (χ4n) is 2.39. The van der Waals surface area contributed by atoms with Gasteiger partial charge in [0.05, 0.1) is 0 Å². The van der Waals surface area contributed by atoms with Gasteiger partial charge < -0.3 is 5.32 Å². The second kappa shape index (κ2) is 3.93. The second-order valence-electron chi connectivity index (χ2n) is 5.22. The van der Waals surface area contributed by atoms with Crippen LogP contribution in [-0.2, 0) is 11.2 Å². The molecule has 1 saturated heterocycles. The molecule has 1 aliphatic heterocycles. The Balaban J connectivity index is 2.20. The van der Waals surface area contributed by atoms with Gasteiger partial charge in [-0.05, 0) is 44.7 Å². The first-order chi connectivity index (χ1) is 7.48. The Labute approximate surface area is 97.1 Å². The van der Waals surface area contributed by atoms with Gasteiger partial charge in [0, 0.05) is 12.0 Å². The van der Waals surface area contributed by atoms with Gasteiger partial charge in [-0.2, -0.15) is 0 Å². The third-order valence-electron chi connectivity index (χ3n) is 3.43. The van der Waals surface area contributed by atoms with Crippen molar-refractivity contribution in [2.24, 2.45) is 0 Å². The molecule has 1 aliphatic rings. The first-order valence-electron chi connectivity index (χ1n) is 5.86.